The molecule has 42 valence electrons. The standard InChI is InChI=1S/C7H8O/c1-2-5-3-4(1)6-7(5)8-6/h1-2,4-7H,3H2/t4-,5+,6-,7+. The van der Waals surface area contributed by atoms with E-state index in [-0.39, 0.29) is 0 Å². The molecule has 0 amide bonds. The topological polar surface area (TPSA) is 12.5 Å². The summed E-state index contributed by atoms with van der Waals surface area (Å²) in [5.74, 6) is 1.62. The molecule has 1 heterocycles. The van der Waals surface area contributed by atoms with Crippen LogP contribution in [0.1, 0.15) is 6.42 Å². The SMILES string of the molecule is C1=C[C@H]2C[C@@H]1[C@H]1O[C@H]12. The summed E-state index contributed by atoms with van der Waals surface area (Å²) in [5, 5.41) is 0. The number of hydrogen-bond acceptors (Lipinski definition) is 1. The third kappa shape index (κ3) is 0.244. The van der Waals surface area contributed by atoms with Crippen LogP contribution in [-0.4, -0.2) is 12.2 Å². The maximum atomic E-state index is 5.38. The molecule has 0 aromatic carbocycles. The van der Waals surface area contributed by atoms with E-state index in [1.807, 2.05) is 0 Å². The minimum absolute atomic E-state index is 0.657. The zero-order valence-electron chi connectivity index (χ0n) is 4.58. The summed E-state index contributed by atoms with van der Waals surface area (Å²) in [6, 6.07) is 0. The maximum absolute atomic E-state index is 5.38. The summed E-state index contributed by atoms with van der Waals surface area (Å²) in [5.41, 5.74) is 0. The first-order valence-corrected chi connectivity index (χ1v) is 3.29. The molecular formula is C7H8O. The van der Waals surface area contributed by atoms with Gasteiger partial charge in [-0.1, -0.05) is 12.2 Å². The van der Waals surface area contributed by atoms with Crippen molar-refractivity contribution in [1.29, 1.82) is 0 Å². The van der Waals surface area contributed by atoms with Crippen molar-refractivity contribution in [3.8, 4) is 0 Å². The molecule has 3 rings (SSSR count). The highest BCUT2D eigenvalue weighted by Gasteiger charge is 2.57. The summed E-state index contributed by atoms with van der Waals surface area (Å²) in [7, 11) is 0. The van der Waals surface area contributed by atoms with Gasteiger partial charge < -0.3 is 4.74 Å². The molecule has 0 unspecified atom stereocenters. The lowest BCUT2D eigenvalue weighted by molar-refractivity contribution is 0.274. The predicted octanol–water partition coefficient (Wildman–Crippen LogP) is 0.960. The number of fused-ring (bicyclic) bond motifs is 5. The fourth-order valence-corrected chi connectivity index (χ4v) is 2.07. The van der Waals surface area contributed by atoms with Gasteiger partial charge in [0.05, 0.1) is 12.2 Å². The molecule has 1 nitrogen and oxygen atoms in total. The van der Waals surface area contributed by atoms with E-state index in [1.165, 1.54) is 6.42 Å². The van der Waals surface area contributed by atoms with Gasteiger partial charge in [0.2, 0.25) is 0 Å². The van der Waals surface area contributed by atoms with Crippen LogP contribution >= 0.6 is 0 Å². The van der Waals surface area contributed by atoms with E-state index in [4.69, 9.17) is 4.74 Å². The van der Waals surface area contributed by atoms with Gasteiger partial charge in [0, 0.05) is 11.8 Å². The lowest BCUT2D eigenvalue weighted by Crippen LogP contribution is -1.98. The minimum atomic E-state index is 0.657. The smallest absolute Gasteiger partial charge is 0.0910 e. The van der Waals surface area contributed by atoms with E-state index in [0.717, 1.165) is 11.8 Å². The third-order valence-corrected chi connectivity index (χ3v) is 2.56. The number of epoxide rings is 1. The second kappa shape index (κ2) is 0.883. The summed E-state index contributed by atoms with van der Waals surface area (Å²) in [6.07, 6.45) is 7.34. The Balaban J connectivity index is 2.12. The number of hydrogen-bond donors (Lipinski definition) is 0. The van der Waals surface area contributed by atoms with Crippen LogP contribution in [0.15, 0.2) is 12.2 Å². The Morgan fingerprint density at radius 3 is 2.12 bits per heavy atom. The molecule has 8 heavy (non-hydrogen) atoms. The first kappa shape index (κ1) is 3.67. The van der Waals surface area contributed by atoms with E-state index < -0.39 is 0 Å². The van der Waals surface area contributed by atoms with Crippen LogP contribution in [0.4, 0.5) is 0 Å². The Labute approximate surface area is 48.3 Å². The monoisotopic (exact) mass is 108 g/mol. The van der Waals surface area contributed by atoms with Crippen molar-refractivity contribution in [1.82, 2.24) is 0 Å². The van der Waals surface area contributed by atoms with E-state index in [1.54, 1.807) is 0 Å². The van der Waals surface area contributed by atoms with Crippen LogP contribution < -0.4 is 0 Å². The molecule has 0 N–H and O–H groups in total. The molecule has 0 spiro atoms. The van der Waals surface area contributed by atoms with Gasteiger partial charge in [0.1, 0.15) is 0 Å². The fraction of sp³-hybridized carbons (Fsp3) is 0.714. The van der Waals surface area contributed by atoms with Crippen molar-refractivity contribution in [3.63, 3.8) is 0 Å². The zero-order chi connectivity index (χ0) is 5.14. The molecule has 2 fully saturated rings. The van der Waals surface area contributed by atoms with E-state index >= 15 is 0 Å². The Kier molecular flexibility index (Phi) is 0.406. The molecule has 4 atom stereocenters. The molecule has 1 saturated carbocycles. The normalized spacial score (nSPS) is 64.0. The van der Waals surface area contributed by atoms with Gasteiger partial charge in [-0.05, 0) is 6.42 Å². The molecule has 2 bridgehead atoms. The summed E-state index contributed by atoms with van der Waals surface area (Å²) >= 11 is 0. The van der Waals surface area contributed by atoms with Crippen LogP contribution in [0.5, 0.6) is 0 Å². The molecule has 1 aliphatic heterocycles. The average molecular weight is 108 g/mol. The van der Waals surface area contributed by atoms with Gasteiger partial charge in [-0.2, -0.15) is 0 Å². The molecule has 0 radical (unpaired) electrons. The lowest BCUT2D eigenvalue weighted by Gasteiger charge is -1.97. The van der Waals surface area contributed by atoms with Crippen molar-refractivity contribution in [2.24, 2.45) is 11.8 Å². The van der Waals surface area contributed by atoms with E-state index in [9.17, 15) is 0 Å². The number of rotatable bonds is 0. The maximum Gasteiger partial charge on any atom is 0.0910 e. The highest BCUT2D eigenvalue weighted by molar-refractivity contribution is 5.21. The van der Waals surface area contributed by atoms with E-state index in [0.29, 0.717) is 12.2 Å². The Morgan fingerprint density at radius 2 is 1.75 bits per heavy atom. The van der Waals surface area contributed by atoms with Gasteiger partial charge in [-0.3, -0.25) is 0 Å². The van der Waals surface area contributed by atoms with Crippen molar-refractivity contribution in [2.75, 3.05) is 0 Å². The Bertz CT molecular complexity index is 146. The van der Waals surface area contributed by atoms with Crippen molar-refractivity contribution in [2.45, 2.75) is 18.6 Å². The molecule has 0 aromatic rings. The van der Waals surface area contributed by atoms with Gasteiger partial charge in [0.15, 0.2) is 0 Å². The molecule has 1 heteroatoms. The third-order valence-electron chi connectivity index (χ3n) is 2.56. The molecular weight excluding hydrogens is 100 g/mol. The zero-order valence-corrected chi connectivity index (χ0v) is 4.58. The van der Waals surface area contributed by atoms with Crippen molar-refractivity contribution < 1.29 is 4.74 Å². The molecule has 2 aliphatic carbocycles. The summed E-state index contributed by atoms with van der Waals surface area (Å²) in [6.45, 7) is 0. The van der Waals surface area contributed by atoms with E-state index in [2.05, 4.69) is 12.2 Å². The Hall–Kier alpha value is -0.300. The van der Waals surface area contributed by atoms with Crippen LogP contribution in [0.2, 0.25) is 0 Å². The Morgan fingerprint density at radius 1 is 1.12 bits per heavy atom. The van der Waals surface area contributed by atoms with Crippen LogP contribution in [-0.2, 0) is 4.74 Å². The number of ether oxygens (including phenoxy) is 1. The minimum Gasteiger partial charge on any atom is -0.368 e. The van der Waals surface area contributed by atoms with Gasteiger partial charge in [-0.15, -0.1) is 0 Å². The van der Waals surface area contributed by atoms with Gasteiger partial charge in [0.25, 0.3) is 0 Å². The first-order valence-electron chi connectivity index (χ1n) is 3.29. The quantitative estimate of drug-likeness (QED) is 0.332. The average Bonchev–Trinajstić information content (AvgIpc) is 2.39. The van der Waals surface area contributed by atoms with Crippen molar-refractivity contribution >= 4 is 0 Å². The second-order valence-corrected chi connectivity index (χ2v) is 3.01. The first-order chi connectivity index (χ1) is 3.95. The summed E-state index contributed by atoms with van der Waals surface area (Å²) < 4.78 is 5.38. The second-order valence-electron chi connectivity index (χ2n) is 3.01. The van der Waals surface area contributed by atoms with Crippen LogP contribution in [0.3, 0.4) is 0 Å². The highest BCUT2D eigenvalue weighted by Crippen LogP contribution is 2.52. The molecule has 3 aliphatic rings. The van der Waals surface area contributed by atoms with Crippen LogP contribution in [0, 0.1) is 11.8 Å². The van der Waals surface area contributed by atoms with Crippen LogP contribution in [0.25, 0.3) is 0 Å². The van der Waals surface area contributed by atoms with Crippen molar-refractivity contribution in [3.05, 3.63) is 12.2 Å². The fourth-order valence-electron chi connectivity index (χ4n) is 2.07. The van der Waals surface area contributed by atoms with Gasteiger partial charge >= 0.3 is 0 Å². The highest BCUT2D eigenvalue weighted by atomic mass is 16.6. The largest absolute Gasteiger partial charge is 0.368 e. The molecule has 0 aromatic heterocycles. The lowest BCUT2D eigenvalue weighted by atomic mass is 10.1. The predicted molar refractivity (Wildman–Crippen MR) is 29.4 cm³/mol. The molecule has 1 saturated heterocycles. The van der Waals surface area contributed by atoms with Gasteiger partial charge in [-0.25, -0.2) is 0 Å². The summed E-state index contributed by atoms with van der Waals surface area (Å²) in [4.78, 5) is 0.